The fourth-order valence-corrected chi connectivity index (χ4v) is 2.32. The molecule has 2 aliphatic rings. The van der Waals surface area contributed by atoms with Gasteiger partial charge in [-0.05, 0) is 0 Å². The van der Waals surface area contributed by atoms with E-state index in [1.165, 1.54) is 11.6 Å². The van der Waals surface area contributed by atoms with Gasteiger partial charge in [-0.2, -0.15) is 21.6 Å². The van der Waals surface area contributed by atoms with E-state index in [2.05, 4.69) is 4.28 Å². The molecule has 2 heterocycles. The second-order valence-corrected chi connectivity index (χ2v) is 5.68. The van der Waals surface area contributed by atoms with Crippen LogP contribution in [0.5, 0.6) is 0 Å². The van der Waals surface area contributed by atoms with E-state index >= 15 is 0 Å². The Balaban J connectivity index is 2.03. The van der Waals surface area contributed by atoms with Crippen molar-refractivity contribution in [2.75, 3.05) is 0 Å². The molecule has 1 amide bonds. The highest BCUT2D eigenvalue weighted by Gasteiger charge is 2.52. The van der Waals surface area contributed by atoms with Crippen molar-refractivity contribution >= 4 is 22.3 Å². The summed E-state index contributed by atoms with van der Waals surface area (Å²) in [6, 6.07) is 0. The fourth-order valence-electron chi connectivity index (χ4n) is 2.04. The smallest absolute Gasteiger partial charge is 0.365 e. The van der Waals surface area contributed by atoms with Crippen LogP contribution >= 0.6 is 0 Å². The van der Waals surface area contributed by atoms with Crippen LogP contribution in [-0.2, 0) is 28.7 Å². The van der Waals surface area contributed by atoms with Crippen molar-refractivity contribution in [3.8, 4) is 0 Å². The number of hydrogen-bond donors (Lipinski definition) is 1. The fraction of sp³-hybridized carbons (Fsp3) is 0.556. The van der Waals surface area contributed by atoms with Gasteiger partial charge in [0.05, 0.1) is 24.0 Å². The number of nitrogens with one attached hydrogen (secondary N) is 1. The predicted molar refractivity (Wildman–Crippen MR) is 55.0 cm³/mol. The van der Waals surface area contributed by atoms with Crippen molar-refractivity contribution in [1.82, 2.24) is 5.48 Å². The van der Waals surface area contributed by atoms with E-state index < -0.39 is 45.6 Å². The average molecular weight is 315 g/mol. The number of aldehydes is 1. The average Bonchev–Trinajstić information content (AvgIpc) is 2.94. The molecule has 0 radical (unpaired) electrons. The summed E-state index contributed by atoms with van der Waals surface area (Å²) in [5, 5.41) is 0. The Bertz CT molecular complexity index is 557. The van der Waals surface area contributed by atoms with Crippen molar-refractivity contribution in [2.45, 2.75) is 17.7 Å². The second kappa shape index (κ2) is 4.82. The van der Waals surface area contributed by atoms with E-state index in [0.29, 0.717) is 6.29 Å². The number of carbonyl (C=O) groups is 2. The van der Waals surface area contributed by atoms with Crippen molar-refractivity contribution < 1.29 is 40.2 Å². The zero-order valence-electron chi connectivity index (χ0n) is 9.53. The molecule has 0 spiro atoms. The highest BCUT2D eigenvalue weighted by Crippen LogP contribution is 2.38. The number of alkyl halides is 3. The van der Waals surface area contributed by atoms with Gasteiger partial charge in [-0.15, -0.1) is 4.28 Å². The van der Waals surface area contributed by atoms with Crippen LogP contribution in [0.4, 0.5) is 13.2 Å². The zero-order valence-corrected chi connectivity index (χ0v) is 10.3. The first kappa shape index (κ1) is 14.9. The Morgan fingerprint density at radius 1 is 1.30 bits per heavy atom. The van der Waals surface area contributed by atoms with Crippen LogP contribution in [0.3, 0.4) is 0 Å². The quantitative estimate of drug-likeness (QED) is 0.330. The molecule has 4 unspecified atom stereocenters. The summed E-state index contributed by atoms with van der Waals surface area (Å²) in [5.74, 6) is -3.21. The van der Waals surface area contributed by atoms with Crippen LogP contribution < -0.4 is 5.48 Å². The summed E-state index contributed by atoms with van der Waals surface area (Å²) < 4.78 is 65.8. The Labute approximate surface area is 110 Å². The van der Waals surface area contributed by atoms with Crippen molar-refractivity contribution in [3.05, 3.63) is 12.2 Å². The first-order valence-corrected chi connectivity index (χ1v) is 6.67. The summed E-state index contributed by atoms with van der Waals surface area (Å²) in [4.78, 5) is 22.5. The predicted octanol–water partition coefficient (Wildman–Crippen LogP) is -0.348. The third-order valence-electron chi connectivity index (χ3n) is 2.95. The number of amides is 1. The molecule has 0 aliphatic carbocycles. The summed E-state index contributed by atoms with van der Waals surface area (Å²) in [6.07, 6.45) is 1.99. The molecule has 11 heteroatoms. The molecule has 2 bridgehead atoms. The number of rotatable bonds is 4. The number of hydroxylamine groups is 1. The molecule has 1 fully saturated rings. The normalized spacial score (nSPS) is 32.4. The van der Waals surface area contributed by atoms with Gasteiger partial charge in [0.1, 0.15) is 6.29 Å². The van der Waals surface area contributed by atoms with E-state index in [4.69, 9.17) is 4.74 Å². The van der Waals surface area contributed by atoms with Crippen LogP contribution in [-0.4, -0.2) is 38.3 Å². The molecule has 112 valence electrons. The molecule has 0 aromatic carbocycles. The van der Waals surface area contributed by atoms with Crippen molar-refractivity contribution in [3.63, 3.8) is 0 Å². The first-order valence-electron chi connectivity index (χ1n) is 5.26. The Morgan fingerprint density at radius 2 is 1.90 bits per heavy atom. The van der Waals surface area contributed by atoms with E-state index in [9.17, 15) is 31.2 Å². The lowest BCUT2D eigenvalue weighted by Gasteiger charge is -2.19. The van der Waals surface area contributed by atoms with E-state index in [1.807, 2.05) is 0 Å². The zero-order chi connectivity index (χ0) is 15.1. The number of hydrogen-bond acceptors (Lipinski definition) is 6. The van der Waals surface area contributed by atoms with Crippen molar-refractivity contribution in [2.24, 2.45) is 11.8 Å². The number of halogens is 3. The van der Waals surface area contributed by atoms with Gasteiger partial charge >= 0.3 is 15.6 Å². The molecule has 2 aliphatic heterocycles. The van der Waals surface area contributed by atoms with Crippen LogP contribution in [0.1, 0.15) is 0 Å². The second-order valence-electron chi connectivity index (χ2n) is 4.14. The Hall–Kier alpha value is -1.46. The SMILES string of the molecule is O=CC1C2C=CC(O2)C1C(=O)NOS(=O)(=O)C(F)(F)F. The third kappa shape index (κ3) is 2.43. The molecule has 20 heavy (non-hydrogen) atoms. The van der Waals surface area contributed by atoms with E-state index in [1.54, 1.807) is 6.08 Å². The van der Waals surface area contributed by atoms with Gasteiger partial charge in [0.2, 0.25) is 0 Å². The maximum Gasteiger partial charge on any atom is 0.525 e. The maximum absolute atomic E-state index is 12.0. The molecule has 0 saturated carbocycles. The lowest BCUT2D eigenvalue weighted by Crippen LogP contribution is -2.42. The molecule has 1 saturated heterocycles. The molecule has 4 atom stereocenters. The minimum atomic E-state index is -5.94. The van der Waals surface area contributed by atoms with E-state index in [-0.39, 0.29) is 0 Å². The Kier molecular flexibility index (Phi) is 3.60. The molecular formula is C9H8F3NO6S. The third-order valence-corrected chi connectivity index (χ3v) is 3.82. The summed E-state index contributed by atoms with van der Waals surface area (Å²) in [7, 11) is -5.94. The highest BCUT2D eigenvalue weighted by molar-refractivity contribution is 7.87. The summed E-state index contributed by atoms with van der Waals surface area (Å²) >= 11 is 0. The van der Waals surface area contributed by atoms with Crippen LogP contribution in [0, 0.1) is 11.8 Å². The monoisotopic (exact) mass is 315 g/mol. The van der Waals surface area contributed by atoms with E-state index in [0.717, 1.165) is 0 Å². The maximum atomic E-state index is 12.0. The van der Waals surface area contributed by atoms with Gasteiger partial charge in [0, 0.05) is 0 Å². The van der Waals surface area contributed by atoms with Crippen molar-refractivity contribution in [1.29, 1.82) is 0 Å². The lowest BCUT2D eigenvalue weighted by molar-refractivity contribution is -0.136. The molecule has 1 N–H and O–H groups in total. The molecule has 0 aromatic rings. The molecule has 2 rings (SSSR count). The van der Waals surface area contributed by atoms with Gasteiger partial charge in [-0.3, -0.25) is 4.79 Å². The standard InChI is InChI=1S/C9H8F3NO6S/c10-9(11,12)20(16,17)19-13-8(15)7-4(3-14)5-1-2-6(7)18-5/h1-7H,(H,13,15). The van der Waals surface area contributed by atoms with Crippen LogP contribution in [0.25, 0.3) is 0 Å². The van der Waals surface area contributed by atoms with Gasteiger partial charge in [0.25, 0.3) is 5.91 Å². The van der Waals surface area contributed by atoms with Crippen LogP contribution in [0.2, 0.25) is 0 Å². The highest BCUT2D eigenvalue weighted by atomic mass is 32.2. The molecular weight excluding hydrogens is 307 g/mol. The van der Waals surface area contributed by atoms with Gasteiger partial charge in [0.15, 0.2) is 0 Å². The number of fused-ring (bicyclic) bond motifs is 2. The largest absolute Gasteiger partial charge is 0.525 e. The minimum Gasteiger partial charge on any atom is -0.365 e. The van der Waals surface area contributed by atoms with Gasteiger partial charge < -0.3 is 9.53 Å². The molecule has 7 nitrogen and oxygen atoms in total. The number of ether oxygens (including phenoxy) is 1. The van der Waals surface area contributed by atoms with Gasteiger partial charge in [-0.1, -0.05) is 12.2 Å². The topological polar surface area (TPSA) is 98.8 Å². The van der Waals surface area contributed by atoms with Crippen LogP contribution in [0.15, 0.2) is 12.2 Å². The van der Waals surface area contributed by atoms with Gasteiger partial charge in [-0.25, -0.2) is 5.48 Å². The molecule has 0 aromatic heterocycles. The summed E-state index contributed by atoms with van der Waals surface area (Å²) in [6.45, 7) is 0. The lowest BCUT2D eigenvalue weighted by atomic mass is 9.83. The Morgan fingerprint density at radius 3 is 2.45 bits per heavy atom. The first-order chi connectivity index (χ1) is 9.17. The number of carbonyl (C=O) groups excluding carboxylic acids is 2. The summed E-state index contributed by atoms with van der Waals surface area (Å²) in [5.41, 5.74) is -4.46. The minimum absolute atomic E-state index is 0.427.